The normalized spacial score (nSPS) is 23.2. The lowest BCUT2D eigenvalue weighted by Crippen LogP contribution is -2.33. The van der Waals surface area contributed by atoms with Crippen LogP contribution in [0, 0.1) is 23.7 Å². The van der Waals surface area contributed by atoms with Gasteiger partial charge < -0.3 is 10.5 Å². The molecule has 0 fully saturated rings. The highest BCUT2D eigenvalue weighted by Crippen LogP contribution is 2.48. The van der Waals surface area contributed by atoms with Crippen LogP contribution in [0.15, 0.2) is 47.1 Å². The van der Waals surface area contributed by atoms with Gasteiger partial charge in [0.25, 0.3) is 0 Å². The van der Waals surface area contributed by atoms with Crippen molar-refractivity contribution in [2.45, 2.75) is 39.5 Å². The Morgan fingerprint density at radius 1 is 1.30 bits per heavy atom. The monoisotopic (exact) mass is 308 g/mol. The molecule has 0 radical (unpaired) electrons. The summed E-state index contributed by atoms with van der Waals surface area (Å²) in [5.74, 6) is 0.360. The number of nitriles is 1. The number of carbonyl (C=O) groups excluding carboxylic acids is 1. The largest absolute Gasteiger partial charge is 0.444 e. The number of carbonyl (C=O) groups is 1. The summed E-state index contributed by atoms with van der Waals surface area (Å²) in [4.78, 5) is 12.8. The molecule has 2 N–H and O–H groups in total. The fourth-order valence-corrected chi connectivity index (χ4v) is 3.51. The van der Waals surface area contributed by atoms with Crippen LogP contribution in [-0.4, -0.2) is 5.78 Å². The third kappa shape index (κ3) is 2.53. The van der Waals surface area contributed by atoms with Gasteiger partial charge in [-0.05, 0) is 23.5 Å². The van der Waals surface area contributed by atoms with Gasteiger partial charge in [-0.2, -0.15) is 5.26 Å². The predicted octanol–water partition coefficient (Wildman–Crippen LogP) is 3.45. The van der Waals surface area contributed by atoms with Gasteiger partial charge in [0.15, 0.2) is 5.78 Å². The molecule has 0 unspecified atom stereocenters. The molecular weight excluding hydrogens is 288 g/mol. The number of allylic oxidation sites excluding steroid dienone is 3. The molecule has 0 saturated heterocycles. The van der Waals surface area contributed by atoms with Crippen molar-refractivity contribution in [1.82, 2.24) is 0 Å². The molecule has 1 aromatic carbocycles. The Bertz CT molecular complexity index is 794. The minimum atomic E-state index is -0.423. The number of hydrogen-bond donors (Lipinski definition) is 1. The quantitative estimate of drug-likeness (QED) is 0.862. The van der Waals surface area contributed by atoms with Crippen LogP contribution < -0.4 is 5.73 Å². The van der Waals surface area contributed by atoms with E-state index in [1.807, 2.05) is 45.0 Å². The Morgan fingerprint density at radius 3 is 2.65 bits per heavy atom. The molecule has 4 nitrogen and oxygen atoms in total. The number of rotatable bonds is 1. The summed E-state index contributed by atoms with van der Waals surface area (Å²) in [5.41, 5.74) is 8.74. The average molecular weight is 308 g/mol. The van der Waals surface area contributed by atoms with Crippen LogP contribution in [0.2, 0.25) is 0 Å². The lowest BCUT2D eigenvalue weighted by atomic mass is 9.70. The van der Waals surface area contributed by atoms with Crippen molar-refractivity contribution in [2.75, 3.05) is 0 Å². The van der Waals surface area contributed by atoms with E-state index in [1.54, 1.807) is 0 Å². The van der Waals surface area contributed by atoms with E-state index in [2.05, 4.69) is 6.07 Å². The Morgan fingerprint density at radius 2 is 2.00 bits per heavy atom. The molecule has 1 atom stereocenters. The van der Waals surface area contributed by atoms with Gasteiger partial charge in [0, 0.05) is 18.4 Å². The van der Waals surface area contributed by atoms with Crippen molar-refractivity contribution in [2.24, 2.45) is 11.1 Å². The van der Waals surface area contributed by atoms with Crippen LogP contribution in [0.1, 0.15) is 43.7 Å². The topological polar surface area (TPSA) is 76.1 Å². The van der Waals surface area contributed by atoms with Crippen molar-refractivity contribution >= 4 is 5.78 Å². The smallest absolute Gasteiger partial charge is 0.205 e. The zero-order valence-corrected chi connectivity index (χ0v) is 13.6. The summed E-state index contributed by atoms with van der Waals surface area (Å²) in [6, 6.07) is 9.94. The van der Waals surface area contributed by atoms with E-state index in [-0.39, 0.29) is 17.1 Å². The first-order chi connectivity index (χ1) is 10.8. The van der Waals surface area contributed by atoms with Crippen LogP contribution in [-0.2, 0) is 9.53 Å². The highest BCUT2D eigenvalue weighted by atomic mass is 16.5. The fourth-order valence-electron chi connectivity index (χ4n) is 3.51. The minimum Gasteiger partial charge on any atom is -0.444 e. The molecule has 118 valence electrons. The summed E-state index contributed by atoms with van der Waals surface area (Å²) < 4.78 is 5.69. The Balaban J connectivity index is 2.22. The number of nitrogens with zero attached hydrogens (tertiary/aromatic N) is 1. The first kappa shape index (κ1) is 15.4. The summed E-state index contributed by atoms with van der Waals surface area (Å²) in [6.45, 7) is 6.06. The van der Waals surface area contributed by atoms with E-state index in [0.29, 0.717) is 29.7 Å². The number of benzene rings is 1. The van der Waals surface area contributed by atoms with Crippen LogP contribution in [0.5, 0.6) is 0 Å². The molecule has 23 heavy (non-hydrogen) atoms. The predicted molar refractivity (Wildman–Crippen MR) is 86.9 cm³/mol. The van der Waals surface area contributed by atoms with E-state index in [1.165, 1.54) is 0 Å². The Hall–Kier alpha value is -2.54. The number of Topliss-reactive ketones (excluding diaryl/α,β-unsaturated/α-hetero) is 1. The number of nitrogens with two attached hydrogens (primary N) is 1. The molecule has 0 amide bonds. The van der Waals surface area contributed by atoms with Gasteiger partial charge in [-0.3, -0.25) is 4.79 Å². The third-order valence-electron chi connectivity index (χ3n) is 4.57. The summed E-state index contributed by atoms with van der Waals surface area (Å²) in [5, 5.41) is 9.56. The van der Waals surface area contributed by atoms with Gasteiger partial charge in [0.2, 0.25) is 5.88 Å². The summed E-state index contributed by atoms with van der Waals surface area (Å²) >= 11 is 0. The van der Waals surface area contributed by atoms with Crippen molar-refractivity contribution in [3.05, 3.63) is 58.2 Å². The molecule has 0 aromatic heterocycles. The van der Waals surface area contributed by atoms with E-state index < -0.39 is 5.92 Å². The van der Waals surface area contributed by atoms with Crippen LogP contribution in [0.4, 0.5) is 0 Å². The number of aryl methyl sites for hydroxylation is 1. The lowest BCUT2D eigenvalue weighted by molar-refractivity contribution is -0.119. The number of ketones is 1. The molecule has 0 bridgehead atoms. The maximum absolute atomic E-state index is 12.8. The van der Waals surface area contributed by atoms with Crippen molar-refractivity contribution in [3.63, 3.8) is 0 Å². The molecule has 1 aromatic rings. The van der Waals surface area contributed by atoms with Crippen LogP contribution in [0.25, 0.3) is 0 Å². The molecule has 4 heteroatoms. The van der Waals surface area contributed by atoms with Gasteiger partial charge in [-0.25, -0.2) is 0 Å². The van der Waals surface area contributed by atoms with Crippen molar-refractivity contribution < 1.29 is 9.53 Å². The molecule has 1 heterocycles. The third-order valence-corrected chi connectivity index (χ3v) is 4.57. The van der Waals surface area contributed by atoms with Crippen LogP contribution in [0.3, 0.4) is 0 Å². The second-order valence-electron chi connectivity index (χ2n) is 7.06. The van der Waals surface area contributed by atoms with Gasteiger partial charge in [-0.15, -0.1) is 0 Å². The standard InChI is InChI=1S/C19H20N2O2/c1-11-6-4-5-7-12(11)16-13(10-20)18(21)23-15-9-19(2,3)8-14(22)17(15)16/h4-7,16H,8-9,21H2,1-3H3/t16-/m1/s1. The molecule has 2 aliphatic rings. The maximum atomic E-state index is 12.8. The molecule has 1 aliphatic carbocycles. The summed E-state index contributed by atoms with van der Waals surface area (Å²) in [6.07, 6.45) is 1.10. The minimum absolute atomic E-state index is 0.0461. The van der Waals surface area contributed by atoms with Crippen molar-refractivity contribution in [3.8, 4) is 6.07 Å². The number of hydrogen-bond acceptors (Lipinski definition) is 4. The zero-order chi connectivity index (χ0) is 16.8. The first-order valence-corrected chi connectivity index (χ1v) is 7.73. The maximum Gasteiger partial charge on any atom is 0.205 e. The molecule has 0 spiro atoms. The molecular formula is C19H20N2O2. The van der Waals surface area contributed by atoms with Crippen molar-refractivity contribution in [1.29, 1.82) is 5.26 Å². The van der Waals surface area contributed by atoms with Gasteiger partial charge in [0.1, 0.15) is 17.4 Å². The molecule has 3 rings (SSSR count). The Labute approximate surface area is 136 Å². The number of ether oxygens (including phenoxy) is 1. The van der Waals surface area contributed by atoms with E-state index >= 15 is 0 Å². The van der Waals surface area contributed by atoms with Crippen LogP contribution >= 0.6 is 0 Å². The second-order valence-corrected chi connectivity index (χ2v) is 7.06. The zero-order valence-electron chi connectivity index (χ0n) is 13.6. The highest BCUT2D eigenvalue weighted by molar-refractivity contribution is 6.00. The van der Waals surface area contributed by atoms with E-state index in [0.717, 1.165) is 11.1 Å². The molecule has 0 saturated carbocycles. The fraction of sp³-hybridized carbons (Fsp3) is 0.368. The SMILES string of the molecule is Cc1ccccc1[C@@H]1C(C#N)=C(N)OC2=C1C(=O)CC(C)(C)C2. The molecule has 1 aliphatic heterocycles. The van der Waals surface area contributed by atoms with Gasteiger partial charge >= 0.3 is 0 Å². The second kappa shape index (κ2) is 5.27. The van der Waals surface area contributed by atoms with E-state index in [4.69, 9.17) is 10.5 Å². The average Bonchev–Trinajstić information content (AvgIpc) is 2.45. The highest BCUT2D eigenvalue weighted by Gasteiger charge is 2.43. The van der Waals surface area contributed by atoms with Gasteiger partial charge in [0.05, 0.1) is 5.92 Å². The lowest BCUT2D eigenvalue weighted by Gasteiger charge is -2.37. The first-order valence-electron chi connectivity index (χ1n) is 7.73. The Kier molecular flexibility index (Phi) is 3.52. The summed E-state index contributed by atoms with van der Waals surface area (Å²) in [7, 11) is 0. The van der Waals surface area contributed by atoms with Gasteiger partial charge in [-0.1, -0.05) is 38.1 Å². The van der Waals surface area contributed by atoms with E-state index in [9.17, 15) is 10.1 Å².